The number of aromatic nitrogens is 2. The summed E-state index contributed by atoms with van der Waals surface area (Å²) in [7, 11) is 1.50. The third kappa shape index (κ3) is 4.16. The van der Waals surface area contributed by atoms with Gasteiger partial charge in [-0.3, -0.25) is 4.79 Å². The smallest absolute Gasteiger partial charge is 0.249 e. The topological polar surface area (TPSA) is 64.5 Å². The minimum atomic E-state index is -0.458. The summed E-state index contributed by atoms with van der Waals surface area (Å²) in [5.41, 5.74) is 0.700. The van der Waals surface area contributed by atoms with Crippen molar-refractivity contribution in [2.75, 3.05) is 20.3 Å². The molecule has 7 heteroatoms. The molecule has 1 aromatic heterocycles. The third-order valence-electron chi connectivity index (χ3n) is 4.29. The van der Waals surface area contributed by atoms with Gasteiger partial charge in [0.05, 0.1) is 6.04 Å². The number of hydrogen-bond acceptors (Lipinski definition) is 5. The zero-order valence-corrected chi connectivity index (χ0v) is 14.9. The number of benzene rings is 1. The zero-order chi connectivity index (χ0) is 18.5. The van der Waals surface area contributed by atoms with Crippen LogP contribution in [0.5, 0.6) is 11.6 Å². The number of carbonyl (C=O) groups excluding carboxylic acids is 1. The van der Waals surface area contributed by atoms with Gasteiger partial charge < -0.3 is 14.4 Å². The van der Waals surface area contributed by atoms with E-state index < -0.39 is 5.82 Å². The summed E-state index contributed by atoms with van der Waals surface area (Å²) in [6, 6.07) is 7.59. The number of methoxy groups -OCH3 is 1. The van der Waals surface area contributed by atoms with Crippen LogP contribution in [-0.4, -0.2) is 41.0 Å². The Labute approximate surface area is 152 Å². The van der Waals surface area contributed by atoms with E-state index in [1.165, 1.54) is 13.2 Å². The zero-order valence-electron chi connectivity index (χ0n) is 14.9. The van der Waals surface area contributed by atoms with Gasteiger partial charge in [0.1, 0.15) is 6.61 Å². The number of ether oxygens (including phenoxy) is 2. The standard InChI is InChI=1S/C19H22FN3O3/c1-13-11-17(26-16-9-4-3-7-14(16)20)22-19(21-13)15-8-5-6-10-23(15)18(24)12-25-2/h3-4,7,9,11,15H,5-6,8,10,12H2,1-2H3. The van der Waals surface area contributed by atoms with Gasteiger partial charge in [0.2, 0.25) is 11.8 Å². The molecule has 0 N–H and O–H groups in total. The Morgan fingerprint density at radius 3 is 2.88 bits per heavy atom. The van der Waals surface area contributed by atoms with Crippen LogP contribution in [0.15, 0.2) is 30.3 Å². The highest BCUT2D eigenvalue weighted by atomic mass is 19.1. The van der Waals surface area contributed by atoms with Crippen LogP contribution < -0.4 is 4.74 Å². The van der Waals surface area contributed by atoms with Crippen LogP contribution in [-0.2, 0) is 9.53 Å². The first kappa shape index (κ1) is 18.3. The fourth-order valence-corrected chi connectivity index (χ4v) is 3.11. The Hall–Kier alpha value is -2.54. The summed E-state index contributed by atoms with van der Waals surface area (Å²) in [6.45, 7) is 2.50. The van der Waals surface area contributed by atoms with Crippen molar-refractivity contribution in [3.63, 3.8) is 0 Å². The normalized spacial score (nSPS) is 17.2. The highest BCUT2D eigenvalue weighted by Crippen LogP contribution is 2.31. The second kappa shape index (κ2) is 8.23. The highest BCUT2D eigenvalue weighted by molar-refractivity contribution is 5.78. The molecule has 1 fully saturated rings. The van der Waals surface area contributed by atoms with Gasteiger partial charge in [-0.25, -0.2) is 9.37 Å². The summed E-state index contributed by atoms with van der Waals surface area (Å²) >= 11 is 0. The van der Waals surface area contributed by atoms with E-state index >= 15 is 0 Å². The predicted molar refractivity (Wildman–Crippen MR) is 93.4 cm³/mol. The van der Waals surface area contributed by atoms with Crippen LogP contribution in [0.1, 0.15) is 36.8 Å². The minimum Gasteiger partial charge on any atom is -0.436 e. The van der Waals surface area contributed by atoms with E-state index in [2.05, 4.69) is 9.97 Å². The van der Waals surface area contributed by atoms with Gasteiger partial charge in [0, 0.05) is 25.4 Å². The van der Waals surface area contributed by atoms with Crippen LogP contribution >= 0.6 is 0 Å². The number of halogens is 1. The molecule has 1 unspecified atom stereocenters. The van der Waals surface area contributed by atoms with Crippen LogP contribution in [0.3, 0.4) is 0 Å². The first-order valence-electron chi connectivity index (χ1n) is 8.65. The molecular formula is C19H22FN3O3. The molecule has 3 rings (SSSR count). The van der Waals surface area contributed by atoms with Gasteiger partial charge in [-0.15, -0.1) is 0 Å². The second-order valence-electron chi connectivity index (χ2n) is 6.27. The number of nitrogens with zero attached hydrogens (tertiary/aromatic N) is 3. The van der Waals surface area contributed by atoms with E-state index in [0.717, 1.165) is 19.3 Å². The lowest BCUT2D eigenvalue weighted by Crippen LogP contribution is -2.41. The maximum Gasteiger partial charge on any atom is 0.249 e. The van der Waals surface area contributed by atoms with E-state index in [9.17, 15) is 9.18 Å². The Morgan fingerprint density at radius 1 is 1.31 bits per heavy atom. The van der Waals surface area contributed by atoms with Crippen molar-refractivity contribution in [2.24, 2.45) is 0 Å². The predicted octanol–water partition coefficient (Wildman–Crippen LogP) is 3.42. The fraction of sp³-hybridized carbons (Fsp3) is 0.421. The van der Waals surface area contributed by atoms with Gasteiger partial charge in [0.15, 0.2) is 17.4 Å². The van der Waals surface area contributed by atoms with Crippen LogP contribution in [0.25, 0.3) is 0 Å². The maximum atomic E-state index is 13.8. The van der Waals surface area contributed by atoms with Crippen LogP contribution in [0, 0.1) is 12.7 Å². The number of rotatable bonds is 5. The molecule has 0 bridgehead atoms. The van der Waals surface area contributed by atoms with E-state index in [1.807, 2.05) is 6.92 Å². The van der Waals surface area contributed by atoms with E-state index in [1.54, 1.807) is 29.2 Å². The lowest BCUT2D eigenvalue weighted by molar-refractivity contribution is -0.139. The molecule has 1 atom stereocenters. The lowest BCUT2D eigenvalue weighted by Gasteiger charge is -2.34. The summed E-state index contributed by atoms with van der Waals surface area (Å²) in [5, 5.41) is 0. The van der Waals surface area contributed by atoms with Crippen molar-refractivity contribution in [1.29, 1.82) is 0 Å². The molecule has 6 nitrogen and oxygen atoms in total. The monoisotopic (exact) mass is 359 g/mol. The Morgan fingerprint density at radius 2 is 2.12 bits per heavy atom. The molecule has 0 aliphatic carbocycles. The van der Waals surface area contributed by atoms with E-state index in [0.29, 0.717) is 18.1 Å². The van der Waals surface area contributed by atoms with Gasteiger partial charge in [-0.1, -0.05) is 12.1 Å². The summed E-state index contributed by atoms with van der Waals surface area (Å²) in [4.78, 5) is 23.1. The molecule has 1 aliphatic rings. The van der Waals surface area contributed by atoms with Gasteiger partial charge in [0.25, 0.3) is 0 Å². The number of piperidine rings is 1. The quantitative estimate of drug-likeness (QED) is 0.818. The largest absolute Gasteiger partial charge is 0.436 e. The molecule has 0 spiro atoms. The van der Waals surface area contributed by atoms with Crippen molar-refractivity contribution in [3.8, 4) is 11.6 Å². The van der Waals surface area contributed by atoms with Gasteiger partial charge in [-0.2, -0.15) is 4.98 Å². The van der Waals surface area contributed by atoms with Gasteiger partial charge >= 0.3 is 0 Å². The number of para-hydroxylation sites is 1. The SMILES string of the molecule is COCC(=O)N1CCCCC1c1nc(C)cc(Oc2ccccc2F)n1. The maximum absolute atomic E-state index is 13.8. The molecule has 0 saturated carbocycles. The van der Waals surface area contributed by atoms with Gasteiger partial charge in [-0.05, 0) is 38.3 Å². The molecular weight excluding hydrogens is 337 g/mol. The van der Waals surface area contributed by atoms with E-state index in [-0.39, 0.29) is 30.2 Å². The Bertz CT molecular complexity index is 784. The lowest BCUT2D eigenvalue weighted by atomic mass is 10.0. The molecule has 138 valence electrons. The molecule has 2 aromatic rings. The molecule has 0 radical (unpaired) electrons. The summed E-state index contributed by atoms with van der Waals surface area (Å²) in [5.74, 6) is 0.342. The number of aryl methyl sites for hydroxylation is 1. The Kier molecular flexibility index (Phi) is 5.78. The molecule has 26 heavy (non-hydrogen) atoms. The average molecular weight is 359 g/mol. The molecule has 1 saturated heterocycles. The Balaban J connectivity index is 1.88. The molecule has 1 aromatic carbocycles. The number of likely N-dealkylation sites (tertiary alicyclic amines) is 1. The third-order valence-corrected chi connectivity index (χ3v) is 4.29. The molecule has 2 heterocycles. The van der Waals surface area contributed by atoms with Crippen molar-refractivity contribution in [3.05, 3.63) is 47.7 Å². The number of amides is 1. The second-order valence-corrected chi connectivity index (χ2v) is 6.27. The first-order chi connectivity index (χ1) is 12.6. The van der Waals surface area contributed by atoms with Crippen molar-refractivity contribution < 1.29 is 18.7 Å². The summed E-state index contributed by atoms with van der Waals surface area (Å²) < 4.78 is 24.4. The average Bonchev–Trinajstić information content (AvgIpc) is 2.63. The minimum absolute atomic E-state index is 0.0287. The van der Waals surface area contributed by atoms with Crippen LogP contribution in [0.4, 0.5) is 4.39 Å². The fourth-order valence-electron chi connectivity index (χ4n) is 3.11. The van der Waals surface area contributed by atoms with Crippen molar-refractivity contribution >= 4 is 5.91 Å². The first-order valence-corrected chi connectivity index (χ1v) is 8.65. The van der Waals surface area contributed by atoms with Crippen LogP contribution in [0.2, 0.25) is 0 Å². The molecule has 1 aliphatic heterocycles. The molecule has 1 amide bonds. The number of carbonyl (C=O) groups is 1. The summed E-state index contributed by atoms with van der Waals surface area (Å²) in [6.07, 6.45) is 2.70. The van der Waals surface area contributed by atoms with Crippen molar-refractivity contribution in [1.82, 2.24) is 14.9 Å². The van der Waals surface area contributed by atoms with E-state index in [4.69, 9.17) is 9.47 Å². The highest BCUT2D eigenvalue weighted by Gasteiger charge is 2.30. The number of hydrogen-bond donors (Lipinski definition) is 0. The van der Waals surface area contributed by atoms with Crippen molar-refractivity contribution in [2.45, 2.75) is 32.2 Å².